The second-order valence-corrected chi connectivity index (χ2v) is 6.11. The Labute approximate surface area is 116 Å². The number of aromatic amines is 1. The lowest BCUT2D eigenvalue weighted by atomic mass is 10.1. The van der Waals surface area contributed by atoms with E-state index in [2.05, 4.69) is 21.5 Å². The molecule has 1 aromatic carbocycles. The zero-order valence-electron chi connectivity index (χ0n) is 10.8. The SMILES string of the molecule is CSC1CCC(NC(=O)c2ccc3nc[nH]c3c2)C1. The standard InChI is InChI=1S/C14H17N3OS/c1-19-11-4-3-10(7-11)17-14(18)9-2-5-12-13(6-9)16-8-15-12/h2,5-6,8,10-11H,3-4,7H2,1H3,(H,15,16)(H,17,18). The van der Waals surface area contributed by atoms with Gasteiger partial charge in [0.2, 0.25) is 0 Å². The monoisotopic (exact) mass is 275 g/mol. The summed E-state index contributed by atoms with van der Waals surface area (Å²) in [5, 5.41) is 3.82. The van der Waals surface area contributed by atoms with Gasteiger partial charge < -0.3 is 10.3 Å². The van der Waals surface area contributed by atoms with Crippen molar-refractivity contribution in [3.63, 3.8) is 0 Å². The third-order valence-corrected chi connectivity index (χ3v) is 4.83. The molecule has 4 nitrogen and oxygen atoms in total. The predicted molar refractivity (Wildman–Crippen MR) is 78.5 cm³/mol. The van der Waals surface area contributed by atoms with E-state index in [0.29, 0.717) is 16.9 Å². The minimum atomic E-state index is 0.0169. The van der Waals surface area contributed by atoms with Crippen LogP contribution in [0.15, 0.2) is 24.5 Å². The minimum Gasteiger partial charge on any atom is -0.349 e. The number of amides is 1. The lowest BCUT2D eigenvalue weighted by molar-refractivity contribution is 0.0938. The van der Waals surface area contributed by atoms with Crippen LogP contribution < -0.4 is 5.32 Å². The van der Waals surface area contributed by atoms with Gasteiger partial charge in [0, 0.05) is 16.9 Å². The summed E-state index contributed by atoms with van der Waals surface area (Å²) in [6, 6.07) is 5.89. The number of nitrogens with zero attached hydrogens (tertiary/aromatic N) is 1. The molecular weight excluding hydrogens is 258 g/mol. The number of nitrogens with one attached hydrogen (secondary N) is 2. The van der Waals surface area contributed by atoms with Gasteiger partial charge in [0.15, 0.2) is 0 Å². The lowest BCUT2D eigenvalue weighted by Crippen LogP contribution is -2.33. The van der Waals surface area contributed by atoms with E-state index in [1.54, 1.807) is 6.33 Å². The van der Waals surface area contributed by atoms with Crippen LogP contribution in [0.1, 0.15) is 29.6 Å². The van der Waals surface area contributed by atoms with Crippen molar-refractivity contribution in [1.82, 2.24) is 15.3 Å². The molecule has 100 valence electrons. The highest BCUT2D eigenvalue weighted by Crippen LogP contribution is 2.28. The van der Waals surface area contributed by atoms with E-state index in [9.17, 15) is 4.79 Å². The molecule has 1 aromatic heterocycles. The van der Waals surface area contributed by atoms with Gasteiger partial charge in [-0.05, 0) is 43.7 Å². The summed E-state index contributed by atoms with van der Waals surface area (Å²) in [5.41, 5.74) is 2.49. The van der Waals surface area contributed by atoms with E-state index in [4.69, 9.17) is 0 Å². The fraction of sp³-hybridized carbons (Fsp3) is 0.429. The van der Waals surface area contributed by atoms with E-state index in [-0.39, 0.29) is 5.91 Å². The molecule has 1 amide bonds. The van der Waals surface area contributed by atoms with Crippen LogP contribution in [-0.4, -0.2) is 33.4 Å². The van der Waals surface area contributed by atoms with Crippen molar-refractivity contribution in [3.8, 4) is 0 Å². The van der Waals surface area contributed by atoms with E-state index in [1.807, 2.05) is 30.0 Å². The van der Waals surface area contributed by atoms with Crippen molar-refractivity contribution in [1.29, 1.82) is 0 Å². The van der Waals surface area contributed by atoms with Crippen LogP contribution in [0.4, 0.5) is 0 Å². The number of carbonyl (C=O) groups excluding carboxylic acids is 1. The quantitative estimate of drug-likeness (QED) is 0.905. The molecule has 0 spiro atoms. The Morgan fingerprint density at radius 3 is 3.16 bits per heavy atom. The van der Waals surface area contributed by atoms with Gasteiger partial charge in [-0.25, -0.2) is 4.98 Å². The third kappa shape index (κ3) is 2.61. The van der Waals surface area contributed by atoms with Gasteiger partial charge in [0.05, 0.1) is 17.4 Å². The van der Waals surface area contributed by atoms with Crippen LogP contribution in [0.2, 0.25) is 0 Å². The van der Waals surface area contributed by atoms with Crippen molar-refractivity contribution in [2.24, 2.45) is 0 Å². The Morgan fingerprint density at radius 1 is 1.47 bits per heavy atom. The van der Waals surface area contributed by atoms with Gasteiger partial charge in [-0.3, -0.25) is 4.79 Å². The molecule has 2 atom stereocenters. The van der Waals surface area contributed by atoms with Gasteiger partial charge in [0.1, 0.15) is 0 Å². The molecule has 2 unspecified atom stereocenters. The van der Waals surface area contributed by atoms with E-state index in [1.165, 1.54) is 6.42 Å². The smallest absolute Gasteiger partial charge is 0.251 e. The Hall–Kier alpha value is -1.49. The summed E-state index contributed by atoms with van der Waals surface area (Å²) in [4.78, 5) is 19.4. The first-order chi connectivity index (χ1) is 9.26. The first-order valence-corrected chi connectivity index (χ1v) is 7.82. The van der Waals surface area contributed by atoms with Crippen LogP contribution in [0.3, 0.4) is 0 Å². The highest BCUT2D eigenvalue weighted by atomic mass is 32.2. The normalized spacial score (nSPS) is 22.8. The maximum Gasteiger partial charge on any atom is 0.251 e. The zero-order chi connectivity index (χ0) is 13.2. The molecule has 1 saturated carbocycles. The van der Waals surface area contributed by atoms with Crippen molar-refractivity contribution in [2.75, 3.05) is 6.26 Å². The predicted octanol–water partition coefficient (Wildman–Crippen LogP) is 2.58. The van der Waals surface area contributed by atoms with Crippen molar-refractivity contribution in [3.05, 3.63) is 30.1 Å². The molecule has 1 aliphatic rings. The van der Waals surface area contributed by atoms with Gasteiger partial charge in [0.25, 0.3) is 5.91 Å². The Morgan fingerprint density at radius 2 is 2.37 bits per heavy atom. The number of hydrogen-bond acceptors (Lipinski definition) is 3. The molecular formula is C14H17N3OS. The van der Waals surface area contributed by atoms with Crippen molar-refractivity contribution < 1.29 is 4.79 Å². The average molecular weight is 275 g/mol. The molecule has 1 aliphatic carbocycles. The van der Waals surface area contributed by atoms with Gasteiger partial charge in [-0.2, -0.15) is 11.8 Å². The number of carbonyl (C=O) groups is 1. The molecule has 5 heteroatoms. The second kappa shape index (κ2) is 5.25. The number of hydrogen-bond donors (Lipinski definition) is 2. The highest BCUT2D eigenvalue weighted by molar-refractivity contribution is 7.99. The number of rotatable bonds is 3. The fourth-order valence-corrected chi connectivity index (χ4v) is 3.43. The number of thioether (sulfide) groups is 1. The van der Waals surface area contributed by atoms with Crippen LogP contribution in [0.5, 0.6) is 0 Å². The summed E-state index contributed by atoms with van der Waals surface area (Å²) < 4.78 is 0. The van der Waals surface area contributed by atoms with E-state index < -0.39 is 0 Å². The maximum atomic E-state index is 12.2. The number of benzene rings is 1. The molecule has 0 radical (unpaired) electrons. The number of H-pyrrole nitrogens is 1. The van der Waals surface area contributed by atoms with Crippen LogP contribution in [0, 0.1) is 0 Å². The fourth-order valence-electron chi connectivity index (χ4n) is 2.63. The van der Waals surface area contributed by atoms with Crippen LogP contribution in [0.25, 0.3) is 11.0 Å². The van der Waals surface area contributed by atoms with Gasteiger partial charge >= 0.3 is 0 Å². The third-order valence-electron chi connectivity index (χ3n) is 3.74. The molecule has 2 N–H and O–H groups in total. The lowest BCUT2D eigenvalue weighted by Gasteiger charge is -2.12. The molecule has 0 aliphatic heterocycles. The highest BCUT2D eigenvalue weighted by Gasteiger charge is 2.25. The molecule has 0 saturated heterocycles. The average Bonchev–Trinajstić information content (AvgIpc) is 3.05. The zero-order valence-corrected chi connectivity index (χ0v) is 11.7. The minimum absolute atomic E-state index is 0.0169. The number of imidazole rings is 1. The van der Waals surface area contributed by atoms with Crippen LogP contribution in [-0.2, 0) is 0 Å². The molecule has 1 heterocycles. The molecule has 19 heavy (non-hydrogen) atoms. The topological polar surface area (TPSA) is 57.8 Å². The molecule has 3 rings (SSSR count). The summed E-state index contributed by atoms with van der Waals surface area (Å²) in [6.07, 6.45) is 7.15. The van der Waals surface area contributed by atoms with Gasteiger partial charge in [-0.1, -0.05) is 0 Å². The Balaban J connectivity index is 1.69. The van der Waals surface area contributed by atoms with Gasteiger partial charge in [-0.15, -0.1) is 0 Å². The summed E-state index contributed by atoms with van der Waals surface area (Å²) in [7, 11) is 0. The first-order valence-electron chi connectivity index (χ1n) is 6.53. The van der Waals surface area contributed by atoms with Crippen molar-refractivity contribution in [2.45, 2.75) is 30.6 Å². The Kier molecular flexibility index (Phi) is 3.46. The largest absolute Gasteiger partial charge is 0.349 e. The Bertz CT molecular complexity index is 595. The van der Waals surface area contributed by atoms with Crippen LogP contribution >= 0.6 is 11.8 Å². The summed E-state index contributed by atoms with van der Waals surface area (Å²) in [6.45, 7) is 0. The van der Waals surface area contributed by atoms with E-state index >= 15 is 0 Å². The molecule has 1 fully saturated rings. The molecule has 2 aromatic rings. The molecule has 0 bridgehead atoms. The number of fused-ring (bicyclic) bond motifs is 1. The summed E-state index contributed by atoms with van der Waals surface area (Å²) in [5.74, 6) is 0.0169. The summed E-state index contributed by atoms with van der Waals surface area (Å²) >= 11 is 1.90. The number of aromatic nitrogens is 2. The van der Waals surface area contributed by atoms with E-state index in [0.717, 1.165) is 23.9 Å². The second-order valence-electron chi connectivity index (χ2n) is 4.98. The maximum absolute atomic E-state index is 12.2. The van der Waals surface area contributed by atoms with Crippen molar-refractivity contribution >= 4 is 28.7 Å². The first kappa shape index (κ1) is 12.5.